The third-order valence-corrected chi connectivity index (χ3v) is 3.46. The molecule has 0 aliphatic heterocycles. The lowest BCUT2D eigenvalue weighted by atomic mass is 10.4. The average molecular weight is 314 g/mol. The molecule has 0 aliphatic rings. The van der Waals surface area contributed by atoms with Gasteiger partial charge in [-0.05, 0) is 19.1 Å². The third kappa shape index (κ3) is 2.79. The fourth-order valence-corrected chi connectivity index (χ4v) is 2.34. The lowest BCUT2D eigenvalue weighted by Crippen LogP contribution is -2.13. The van der Waals surface area contributed by atoms with Crippen LogP contribution in [0.15, 0.2) is 17.5 Å². The van der Waals surface area contributed by atoms with Gasteiger partial charge in [-0.1, -0.05) is 0 Å². The molecule has 0 saturated heterocycles. The van der Waals surface area contributed by atoms with Crippen molar-refractivity contribution in [2.75, 3.05) is 5.32 Å². The lowest BCUT2D eigenvalue weighted by Gasteiger charge is -2.06. The van der Waals surface area contributed by atoms with E-state index in [2.05, 4.69) is 25.6 Å². The summed E-state index contributed by atoms with van der Waals surface area (Å²) < 4.78 is 38.9. The van der Waals surface area contributed by atoms with Gasteiger partial charge in [0, 0.05) is 5.38 Å². The van der Waals surface area contributed by atoms with Gasteiger partial charge >= 0.3 is 6.18 Å². The van der Waals surface area contributed by atoms with Gasteiger partial charge in [-0.3, -0.25) is 0 Å². The summed E-state index contributed by atoms with van der Waals surface area (Å²) in [4.78, 5) is 4.25. The molecule has 3 aromatic rings. The highest BCUT2D eigenvalue weighted by molar-refractivity contribution is 7.09. The number of nitrogens with zero attached hydrogens (tertiary/aromatic N) is 5. The standard InChI is InChI=1S/C11H9F3N6S/c1-6-16-7(5-21-6)4-15-8-2-3-9-17-18-10(11(12,13)14)20(9)19-8/h2-3,5H,4H2,1H3,(H,15,19). The Balaban J connectivity index is 1.86. The fraction of sp³-hybridized carbons (Fsp3) is 0.273. The maximum atomic E-state index is 12.7. The Morgan fingerprint density at radius 3 is 2.76 bits per heavy atom. The summed E-state index contributed by atoms with van der Waals surface area (Å²) in [6, 6.07) is 2.97. The van der Waals surface area contributed by atoms with Crippen molar-refractivity contribution in [1.29, 1.82) is 0 Å². The average Bonchev–Trinajstić information content (AvgIpc) is 3.01. The molecule has 3 aromatic heterocycles. The number of nitrogens with one attached hydrogen (secondary N) is 1. The zero-order valence-corrected chi connectivity index (χ0v) is 11.5. The van der Waals surface area contributed by atoms with Crippen molar-refractivity contribution < 1.29 is 13.2 Å². The summed E-state index contributed by atoms with van der Waals surface area (Å²) in [5.41, 5.74) is 0.844. The molecule has 10 heteroatoms. The first-order chi connectivity index (χ1) is 9.93. The molecule has 0 radical (unpaired) electrons. The van der Waals surface area contributed by atoms with Gasteiger partial charge in [0.25, 0.3) is 5.82 Å². The predicted molar refractivity (Wildman–Crippen MR) is 70.0 cm³/mol. The zero-order chi connectivity index (χ0) is 15.0. The normalized spacial score (nSPS) is 12.0. The summed E-state index contributed by atoms with van der Waals surface area (Å²) in [6.07, 6.45) is -4.60. The van der Waals surface area contributed by atoms with E-state index in [1.165, 1.54) is 17.4 Å². The number of aromatic nitrogens is 5. The molecule has 0 bridgehead atoms. The SMILES string of the molecule is Cc1nc(CNc2ccc3nnc(C(F)(F)F)n3n2)cs1. The van der Waals surface area contributed by atoms with Crippen molar-refractivity contribution in [3.63, 3.8) is 0 Å². The second-order valence-corrected chi connectivity index (χ2v) is 5.28. The number of hydrogen-bond acceptors (Lipinski definition) is 6. The van der Waals surface area contributed by atoms with E-state index in [9.17, 15) is 13.2 Å². The van der Waals surface area contributed by atoms with Crippen LogP contribution in [0.3, 0.4) is 0 Å². The van der Waals surface area contributed by atoms with E-state index in [0.717, 1.165) is 10.7 Å². The van der Waals surface area contributed by atoms with Gasteiger partial charge in [0.15, 0.2) is 5.65 Å². The molecule has 21 heavy (non-hydrogen) atoms. The Morgan fingerprint density at radius 1 is 1.29 bits per heavy atom. The van der Waals surface area contributed by atoms with Crippen LogP contribution in [0.4, 0.5) is 19.0 Å². The molecular weight excluding hydrogens is 305 g/mol. The summed E-state index contributed by atoms with van der Waals surface area (Å²) in [6.45, 7) is 2.26. The van der Waals surface area contributed by atoms with Gasteiger partial charge in [-0.25, -0.2) is 4.98 Å². The second-order valence-electron chi connectivity index (χ2n) is 4.22. The molecule has 0 fully saturated rings. The fourth-order valence-electron chi connectivity index (χ4n) is 1.73. The molecule has 0 atom stereocenters. The lowest BCUT2D eigenvalue weighted by molar-refractivity contribution is -0.146. The zero-order valence-electron chi connectivity index (χ0n) is 10.7. The minimum atomic E-state index is -4.60. The van der Waals surface area contributed by atoms with Crippen LogP contribution in [-0.4, -0.2) is 24.8 Å². The van der Waals surface area contributed by atoms with Gasteiger partial charge in [0.1, 0.15) is 5.82 Å². The van der Waals surface area contributed by atoms with E-state index in [0.29, 0.717) is 16.9 Å². The van der Waals surface area contributed by atoms with Crippen LogP contribution in [0.25, 0.3) is 5.65 Å². The Kier molecular flexibility index (Phi) is 3.24. The number of thiazole rings is 1. The van der Waals surface area contributed by atoms with Crippen molar-refractivity contribution >= 4 is 22.8 Å². The van der Waals surface area contributed by atoms with Crippen LogP contribution in [0.5, 0.6) is 0 Å². The van der Waals surface area contributed by atoms with Gasteiger partial charge in [-0.2, -0.15) is 17.7 Å². The molecule has 0 aromatic carbocycles. The van der Waals surface area contributed by atoms with E-state index in [1.807, 2.05) is 12.3 Å². The van der Waals surface area contributed by atoms with E-state index in [1.54, 1.807) is 6.07 Å². The first-order valence-corrected chi connectivity index (χ1v) is 6.76. The Morgan fingerprint density at radius 2 is 2.10 bits per heavy atom. The molecule has 1 N–H and O–H groups in total. The minimum absolute atomic E-state index is 0.0392. The molecule has 0 aliphatic carbocycles. The van der Waals surface area contributed by atoms with E-state index in [-0.39, 0.29) is 5.65 Å². The third-order valence-electron chi connectivity index (χ3n) is 2.63. The maximum Gasteiger partial charge on any atom is 0.453 e. The van der Waals surface area contributed by atoms with Gasteiger partial charge in [0.05, 0.1) is 17.2 Å². The highest BCUT2D eigenvalue weighted by atomic mass is 32.1. The number of alkyl halides is 3. The van der Waals surface area contributed by atoms with Crippen molar-refractivity contribution in [1.82, 2.24) is 24.8 Å². The number of anilines is 1. The topological polar surface area (TPSA) is 68.0 Å². The highest BCUT2D eigenvalue weighted by Crippen LogP contribution is 2.27. The molecule has 0 amide bonds. The van der Waals surface area contributed by atoms with Crippen LogP contribution in [0.2, 0.25) is 0 Å². The van der Waals surface area contributed by atoms with Gasteiger partial charge in [0.2, 0.25) is 0 Å². The summed E-state index contributed by atoms with van der Waals surface area (Å²) in [5, 5.41) is 16.1. The molecule has 6 nitrogen and oxygen atoms in total. The Labute approximate surface area is 120 Å². The number of hydrogen-bond donors (Lipinski definition) is 1. The van der Waals surface area contributed by atoms with Crippen molar-refractivity contribution in [3.05, 3.63) is 34.0 Å². The van der Waals surface area contributed by atoms with Gasteiger partial charge < -0.3 is 5.32 Å². The van der Waals surface area contributed by atoms with Gasteiger partial charge in [-0.15, -0.1) is 26.6 Å². The first-order valence-electron chi connectivity index (χ1n) is 5.88. The molecule has 110 valence electrons. The largest absolute Gasteiger partial charge is 0.453 e. The molecule has 0 saturated carbocycles. The van der Waals surface area contributed by atoms with Crippen molar-refractivity contribution in [3.8, 4) is 0 Å². The number of aryl methyl sites for hydroxylation is 1. The molecule has 3 rings (SSSR count). The number of rotatable bonds is 3. The van der Waals surface area contributed by atoms with E-state index in [4.69, 9.17) is 0 Å². The minimum Gasteiger partial charge on any atom is -0.363 e. The number of fused-ring (bicyclic) bond motifs is 1. The molecule has 0 spiro atoms. The predicted octanol–water partition coefficient (Wildman–Crippen LogP) is 2.52. The summed E-state index contributed by atoms with van der Waals surface area (Å²) in [5.74, 6) is -0.857. The maximum absolute atomic E-state index is 12.7. The quantitative estimate of drug-likeness (QED) is 0.804. The highest BCUT2D eigenvalue weighted by Gasteiger charge is 2.37. The molecule has 3 heterocycles. The monoisotopic (exact) mass is 314 g/mol. The van der Waals surface area contributed by atoms with Crippen LogP contribution in [-0.2, 0) is 12.7 Å². The Bertz CT molecular complexity index is 778. The summed E-state index contributed by atoms with van der Waals surface area (Å²) in [7, 11) is 0. The van der Waals surface area contributed by atoms with Crippen LogP contribution >= 0.6 is 11.3 Å². The van der Waals surface area contributed by atoms with Crippen LogP contribution in [0, 0.1) is 6.92 Å². The first kappa shape index (κ1) is 13.7. The van der Waals surface area contributed by atoms with E-state index >= 15 is 0 Å². The van der Waals surface area contributed by atoms with Crippen LogP contribution < -0.4 is 5.32 Å². The molecular formula is C11H9F3N6S. The second kappa shape index (κ2) is 4.95. The van der Waals surface area contributed by atoms with Crippen LogP contribution in [0.1, 0.15) is 16.5 Å². The number of halogens is 3. The Hall–Kier alpha value is -2.23. The smallest absolute Gasteiger partial charge is 0.363 e. The van der Waals surface area contributed by atoms with E-state index < -0.39 is 12.0 Å². The van der Waals surface area contributed by atoms with Crippen molar-refractivity contribution in [2.24, 2.45) is 0 Å². The molecule has 0 unspecified atom stereocenters. The summed E-state index contributed by atoms with van der Waals surface area (Å²) >= 11 is 1.50. The van der Waals surface area contributed by atoms with Crippen molar-refractivity contribution in [2.45, 2.75) is 19.6 Å².